The van der Waals surface area contributed by atoms with Crippen LogP contribution < -0.4 is 4.90 Å². The van der Waals surface area contributed by atoms with Crippen LogP contribution in [0.3, 0.4) is 0 Å². The molecule has 11 heteroatoms. The Bertz CT molecular complexity index is 1050. The molecule has 0 aliphatic carbocycles. The Labute approximate surface area is 170 Å². The second-order valence-electron chi connectivity index (χ2n) is 6.51. The van der Waals surface area contributed by atoms with Gasteiger partial charge in [-0.1, -0.05) is 29.8 Å². The summed E-state index contributed by atoms with van der Waals surface area (Å²) in [5.74, 6) is -0.559. The molecule has 0 aromatic heterocycles. The van der Waals surface area contributed by atoms with Gasteiger partial charge in [-0.2, -0.15) is 26.3 Å². The zero-order valence-corrected chi connectivity index (χ0v) is 16.0. The number of benzene rings is 2. The third-order valence-electron chi connectivity index (χ3n) is 4.71. The van der Waals surface area contributed by atoms with Gasteiger partial charge in [0.05, 0.1) is 16.3 Å². The SMILES string of the molecule is CN=C1c2c(Cl)cccc2C(=O)N1c1ccc(C(F)(C(F)(F)F)C(F)(F)F)cc1C. The zero-order valence-electron chi connectivity index (χ0n) is 15.3. The molecule has 0 spiro atoms. The van der Waals surface area contributed by atoms with Gasteiger partial charge in [0.1, 0.15) is 5.84 Å². The molecule has 0 saturated carbocycles. The Kier molecular flexibility index (Phi) is 5.13. The molecule has 2 aromatic rings. The van der Waals surface area contributed by atoms with Crippen molar-refractivity contribution in [3.63, 3.8) is 0 Å². The zero-order chi connectivity index (χ0) is 22.6. The molecule has 3 rings (SSSR count). The molecule has 2 aromatic carbocycles. The molecule has 30 heavy (non-hydrogen) atoms. The Morgan fingerprint density at radius 3 is 2.07 bits per heavy atom. The number of amidine groups is 1. The van der Waals surface area contributed by atoms with E-state index in [2.05, 4.69) is 4.99 Å². The molecular formula is C19H12ClF7N2O. The Balaban J connectivity index is 2.16. The van der Waals surface area contributed by atoms with E-state index < -0.39 is 29.5 Å². The van der Waals surface area contributed by atoms with E-state index in [-0.39, 0.29) is 33.2 Å². The van der Waals surface area contributed by atoms with Gasteiger partial charge in [-0.3, -0.25) is 14.7 Å². The maximum atomic E-state index is 14.3. The predicted molar refractivity (Wildman–Crippen MR) is 96.8 cm³/mol. The molecule has 0 bridgehead atoms. The summed E-state index contributed by atoms with van der Waals surface area (Å²) in [4.78, 5) is 17.8. The lowest BCUT2D eigenvalue weighted by Crippen LogP contribution is -2.50. The van der Waals surface area contributed by atoms with E-state index in [0.29, 0.717) is 12.1 Å². The minimum absolute atomic E-state index is 0.0525. The molecule has 160 valence electrons. The molecule has 1 amide bonds. The first-order chi connectivity index (χ1) is 13.8. The third-order valence-corrected chi connectivity index (χ3v) is 5.03. The smallest absolute Gasteiger partial charge is 0.271 e. The van der Waals surface area contributed by atoms with E-state index in [1.165, 1.54) is 25.2 Å². The highest BCUT2D eigenvalue weighted by Crippen LogP contribution is 2.53. The number of hydrogen-bond acceptors (Lipinski definition) is 2. The summed E-state index contributed by atoms with van der Waals surface area (Å²) < 4.78 is 92.5. The molecule has 0 radical (unpaired) electrons. The highest BCUT2D eigenvalue weighted by atomic mass is 35.5. The number of alkyl halides is 7. The van der Waals surface area contributed by atoms with Gasteiger partial charge >= 0.3 is 18.0 Å². The predicted octanol–water partition coefficient (Wildman–Crippen LogP) is 5.97. The van der Waals surface area contributed by atoms with Crippen LogP contribution in [0.25, 0.3) is 0 Å². The normalized spacial score (nSPS) is 16.4. The fourth-order valence-electron chi connectivity index (χ4n) is 3.30. The average Bonchev–Trinajstić information content (AvgIpc) is 2.92. The Morgan fingerprint density at radius 1 is 0.967 bits per heavy atom. The monoisotopic (exact) mass is 452 g/mol. The van der Waals surface area contributed by atoms with Gasteiger partial charge in [0.25, 0.3) is 5.91 Å². The minimum Gasteiger partial charge on any atom is -0.271 e. The van der Waals surface area contributed by atoms with Crippen LogP contribution in [-0.4, -0.2) is 31.1 Å². The van der Waals surface area contributed by atoms with Gasteiger partial charge in [-0.05, 0) is 30.7 Å². The van der Waals surface area contributed by atoms with Crippen molar-refractivity contribution in [3.05, 3.63) is 63.7 Å². The molecule has 0 atom stereocenters. The number of aliphatic imine (C=N–C) groups is 1. The molecule has 1 aliphatic rings. The molecule has 1 aliphatic heterocycles. The fraction of sp³-hybridized carbons (Fsp3) is 0.263. The van der Waals surface area contributed by atoms with E-state index in [9.17, 15) is 35.5 Å². The third kappa shape index (κ3) is 3.05. The number of rotatable bonds is 2. The molecule has 0 fully saturated rings. The maximum Gasteiger partial charge on any atom is 0.435 e. The van der Waals surface area contributed by atoms with Crippen molar-refractivity contribution in [2.45, 2.75) is 24.9 Å². The summed E-state index contributed by atoms with van der Waals surface area (Å²) in [5.41, 5.74) is -7.00. The van der Waals surface area contributed by atoms with Gasteiger partial charge in [-0.15, -0.1) is 0 Å². The van der Waals surface area contributed by atoms with Gasteiger partial charge in [0.15, 0.2) is 0 Å². The number of carbonyl (C=O) groups is 1. The first-order valence-corrected chi connectivity index (χ1v) is 8.67. The fourth-order valence-corrected chi connectivity index (χ4v) is 3.56. The quantitative estimate of drug-likeness (QED) is 0.516. The summed E-state index contributed by atoms with van der Waals surface area (Å²) >= 11 is 6.13. The van der Waals surface area contributed by atoms with Crippen LogP contribution in [0.4, 0.5) is 36.4 Å². The van der Waals surface area contributed by atoms with E-state index >= 15 is 0 Å². The topological polar surface area (TPSA) is 32.7 Å². The van der Waals surface area contributed by atoms with Crippen molar-refractivity contribution in [2.75, 3.05) is 11.9 Å². The summed E-state index contributed by atoms with van der Waals surface area (Å²) in [5, 5.41) is 0.190. The number of fused-ring (bicyclic) bond motifs is 1. The minimum atomic E-state index is -6.23. The lowest BCUT2D eigenvalue weighted by Gasteiger charge is -2.31. The van der Waals surface area contributed by atoms with Crippen LogP contribution in [0.15, 0.2) is 41.4 Å². The maximum absolute atomic E-state index is 14.3. The van der Waals surface area contributed by atoms with Crippen LogP contribution in [0.2, 0.25) is 5.02 Å². The standard InChI is InChI=1S/C19H12ClF7N2O/c1-9-8-10(17(21,18(22,23)24)19(25,26)27)6-7-13(9)29-15(28-2)14-11(16(29)30)4-3-5-12(14)20/h3-8H,1-2H3. The summed E-state index contributed by atoms with van der Waals surface area (Å²) in [7, 11) is 1.34. The molecule has 3 nitrogen and oxygen atoms in total. The van der Waals surface area contributed by atoms with Crippen molar-refractivity contribution in [1.82, 2.24) is 0 Å². The summed E-state index contributed by atoms with van der Waals surface area (Å²) in [6, 6.07) is 6.06. The van der Waals surface area contributed by atoms with Crippen LogP contribution in [-0.2, 0) is 5.67 Å². The van der Waals surface area contributed by atoms with Gasteiger partial charge in [0, 0.05) is 18.2 Å². The highest BCUT2D eigenvalue weighted by molar-refractivity contribution is 6.43. The average molecular weight is 453 g/mol. The lowest BCUT2D eigenvalue weighted by molar-refractivity contribution is -0.348. The molecule has 0 N–H and O–H groups in total. The Hall–Kier alpha value is -2.62. The first kappa shape index (κ1) is 22.1. The second kappa shape index (κ2) is 6.97. The first-order valence-electron chi connectivity index (χ1n) is 8.29. The molecule has 1 heterocycles. The largest absolute Gasteiger partial charge is 0.435 e. The van der Waals surface area contributed by atoms with Crippen LogP contribution in [0.5, 0.6) is 0 Å². The van der Waals surface area contributed by atoms with E-state index in [4.69, 9.17) is 11.6 Å². The number of halogens is 8. The number of hydrogen-bond donors (Lipinski definition) is 0. The van der Waals surface area contributed by atoms with Crippen molar-refractivity contribution in [3.8, 4) is 0 Å². The van der Waals surface area contributed by atoms with E-state index in [1.807, 2.05) is 0 Å². The van der Waals surface area contributed by atoms with Crippen molar-refractivity contribution >= 4 is 29.0 Å². The van der Waals surface area contributed by atoms with Crippen molar-refractivity contribution < 1.29 is 35.5 Å². The number of aryl methyl sites for hydroxylation is 1. The highest BCUT2D eigenvalue weighted by Gasteiger charge is 2.73. The second-order valence-corrected chi connectivity index (χ2v) is 6.91. The molecule has 0 saturated heterocycles. The van der Waals surface area contributed by atoms with Crippen LogP contribution in [0, 0.1) is 6.92 Å². The van der Waals surface area contributed by atoms with E-state index in [1.54, 1.807) is 0 Å². The van der Waals surface area contributed by atoms with Crippen molar-refractivity contribution in [2.24, 2.45) is 4.99 Å². The van der Waals surface area contributed by atoms with E-state index in [0.717, 1.165) is 17.9 Å². The van der Waals surface area contributed by atoms with Gasteiger partial charge < -0.3 is 0 Å². The lowest BCUT2D eigenvalue weighted by atomic mass is 9.92. The van der Waals surface area contributed by atoms with Crippen molar-refractivity contribution in [1.29, 1.82) is 0 Å². The Morgan fingerprint density at radius 2 is 1.57 bits per heavy atom. The number of carbonyl (C=O) groups excluding carboxylic acids is 1. The van der Waals surface area contributed by atoms with Gasteiger partial charge in [-0.25, -0.2) is 4.39 Å². The number of nitrogens with zero attached hydrogens (tertiary/aromatic N) is 2. The molecule has 0 unspecified atom stereocenters. The number of anilines is 1. The summed E-state index contributed by atoms with van der Waals surface area (Å²) in [6.07, 6.45) is -12.5. The molecular weight excluding hydrogens is 441 g/mol. The van der Waals surface area contributed by atoms with Crippen LogP contribution >= 0.6 is 11.6 Å². The van der Waals surface area contributed by atoms with Gasteiger partial charge in [0.2, 0.25) is 0 Å². The van der Waals surface area contributed by atoms with Crippen LogP contribution in [0.1, 0.15) is 27.0 Å². The summed E-state index contributed by atoms with van der Waals surface area (Å²) in [6.45, 7) is 1.16. The number of amides is 1.